The minimum atomic E-state index is -4.03. The third kappa shape index (κ3) is 5.74. The fourth-order valence-corrected chi connectivity index (χ4v) is 2.65. The third-order valence-corrected chi connectivity index (χ3v) is 3.74. The van der Waals surface area contributed by atoms with Crippen molar-refractivity contribution in [2.24, 2.45) is 0 Å². The van der Waals surface area contributed by atoms with E-state index in [1.165, 1.54) is 12.1 Å². The Balaban J connectivity index is 2.82. The number of phenolic OH excluding ortho intramolecular Hbond substituents is 1. The summed E-state index contributed by atoms with van der Waals surface area (Å²) in [5.74, 6) is 0.148. The summed E-state index contributed by atoms with van der Waals surface area (Å²) < 4.78 is 21.6. The van der Waals surface area contributed by atoms with Gasteiger partial charge in [-0.3, -0.25) is 9.05 Å². The molecule has 6 heteroatoms. The van der Waals surface area contributed by atoms with E-state index in [0.29, 0.717) is 6.42 Å². The second-order valence-corrected chi connectivity index (χ2v) is 5.62. The zero-order chi connectivity index (χ0) is 14.3. The molecule has 0 saturated heterocycles. The first kappa shape index (κ1) is 16.2. The second-order valence-electron chi connectivity index (χ2n) is 4.21. The lowest BCUT2D eigenvalue weighted by atomic mass is 10.0. The molecule has 2 unspecified atom stereocenters. The van der Waals surface area contributed by atoms with Crippen molar-refractivity contribution >= 4 is 7.82 Å². The lowest BCUT2D eigenvalue weighted by Gasteiger charge is -2.20. The molecule has 0 bridgehead atoms. The maximum atomic E-state index is 11.7. The van der Waals surface area contributed by atoms with Gasteiger partial charge in [0.1, 0.15) is 5.75 Å². The molecule has 1 rings (SSSR count). The molecule has 1 aromatic carbocycles. The van der Waals surface area contributed by atoms with Crippen molar-refractivity contribution in [1.82, 2.24) is 0 Å². The van der Waals surface area contributed by atoms with Crippen LogP contribution in [0.2, 0.25) is 0 Å². The number of rotatable bonds is 8. The van der Waals surface area contributed by atoms with E-state index in [-0.39, 0.29) is 12.4 Å². The van der Waals surface area contributed by atoms with Crippen molar-refractivity contribution in [3.05, 3.63) is 29.8 Å². The molecule has 0 amide bonds. The Hall–Kier alpha value is -0.870. The lowest BCUT2D eigenvalue weighted by Crippen LogP contribution is -2.05. The van der Waals surface area contributed by atoms with Gasteiger partial charge in [-0.2, -0.15) is 0 Å². The third-order valence-electron chi connectivity index (χ3n) is 2.64. The standard InChI is InChI=1S/C13H21O5P/c1-3-5-6-13(18-19(15,16)17-4-2)11-7-9-12(14)10-8-11/h7-10,13-14H,3-6H2,1-2H3,(H,15,16). The Labute approximate surface area is 113 Å². The Morgan fingerprint density at radius 1 is 1.26 bits per heavy atom. The molecule has 0 aliphatic heterocycles. The van der Waals surface area contributed by atoms with Gasteiger partial charge in [-0.25, -0.2) is 4.57 Å². The highest BCUT2D eigenvalue weighted by atomic mass is 31.2. The van der Waals surface area contributed by atoms with E-state index in [0.717, 1.165) is 18.4 Å². The van der Waals surface area contributed by atoms with Crippen LogP contribution in [0.3, 0.4) is 0 Å². The number of unbranched alkanes of at least 4 members (excludes halogenated alkanes) is 1. The van der Waals surface area contributed by atoms with E-state index in [4.69, 9.17) is 9.05 Å². The molecule has 0 spiro atoms. The topological polar surface area (TPSA) is 76.0 Å². The number of phosphoric acid groups is 1. The zero-order valence-electron chi connectivity index (χ0n) is 11.3. The first-order valence-electron chi connectivity index (χ1n) is 6.43. The van der Waals surface area contributed by atoms with Crippen LogP contribution in [0.4, 0.5) is 0 Å². The van der Waals surface area contributed by atoms with Gasteiger partial charge in [0.25, 0.3) is 0 Å². The number of phosphoric ester groups is 1. The molecule has 0 fully saturated rings. The number of hydrogen-bond acceptors (Lipinski definition) is 4. The van der Waals surface area contributed by atoms with E-state index in [1.807, 2.05) is 6.92 Å². The summed E-state index contributed by atoms with van der Waals surface area (Å²) in [6, 6.07) is 6.42. The first-order chi connectivity index (χ1) is 8.98. The molecule has 5 nitrogen and oxygen atoms in total. The van der Waals surface area contributed by atoms with E-state index < -0.39 is 13.9 Å². The summed E-state index contributed by atoms with van der Waals surface area (Å²) >= 11 is 0. The summed E-state index contributed by atoms with van der Waals surface area (Å²) in [6.07, 6.45) is 1.95. The molecule has 0 aromatic heterocycles. The molecular weight excluding hydrogens is 267 g/mol. The minimum absolute atomic E-state index is 0.115. The van der Waals surface area contributed by atoms with Crippen LogP contribution in [-0.4, -0.2) is 16.6 Å². The van der Waals surface area contributed by atoms with Crippen LogP contribution in [0.1, 0.15) is 44.8 Å². The van der Waals surface area contributed by atoms with Gasteiger partial charge in [0.2, 0.25) is 0 Å². The molecule has 108 valence electrons. The van der Waals surface area contributed by atoms with Crippen LogP contribution in [-0.2, 0) is 13.6 Å². The Morgan fingerprint density at radius 3 is 2.42 bits per heavy atom. The maximum absolute atomic E-state index is 11.7. The number of hydrogen-bond donors (Lipinski definition) is 2. The van der Waals surface area contributed by atoms with Crippen LogP contribution in [0.5, 0.6) is 5.75 Å². The maximum Gasteiger partial charge on any atom is 0.472 e. The van der Waals surface area contributed by atoms with Crippen molar-refractivity contribution in [3.63, 3.8) is 0 Å². The molecule has 2 N–H and O–H groups in total. The molecule has 0 saturated carbocycles. The smallest absolute Gasteiger partial charge is 0.472 e. The van der Waals surface area contributed by atoms with Gasteiger partial charge >= 0.3 is 7.82 Å². The van der Waals surface area contributed by atoms with Gasteiger partial charge in [0.05, 0.1) is 12.7 Å². The molecule has 0 heterocycles. The summed E-state index contributed by atoms with van der Waals surface area (Å²) in [6.45, 7) is 3.78. The van der Waals surface area contributed by atoms with Crippen LogP contribution in [0, 0.1) is 0 Å². The molecule has 0 radical (unpaired) electrons. The quantitative estimate of drug-likeness (QED) is 0.712. The molecule has 19 heavy (non-hydrogen) atoms. The van der Waals surface area contributed by atoms with Crippen molar-refractivity contribution in [2.45, 2.75) is 39.2 Å². The molecule has 0 aliphatic rings. The Kier molecular flexibility index (Phi) is 6.52. The minimum Gasteiger partial charge on any atom is -0.508 e. The molecule has 1 aromatic rings. The van der Waals surface area contributed by atoms with Gasteiger partial charge in [-0.1, -0.05) is 31.9 Å². The number of phenols is 1. The predicted octanol–water partition coefficient (Wildman–Crippen LogP) is 3.78. The fourth-order valence-electron chi connectivity index (χ4n) is 1.71. The van der Waals surface area contributed by atoms with Gasteiger partial charge in [-0.05, 0) is 31.0 Å². The van der Waals surface area contributed by atoms with Crippen molar-refractivity contribution in [1.29, 1.82) is 0 Å². The SMILES string of the molecule is CCCCC(OP(=O)(O)OCC)c1ccc(O)cc1. The number of aromatic hydroxyl groups is 1. The van der Waals surface area contributed by atoms with Gasteiger partial charge in [0, 0.05) is 0 Å². The van der Waals surface area contributed by atoms with Crippen molar-refractivity contribution < 1.29 is 23.6 Å². The van der Waals surface area contributed by atoms with Crippen molar-refractivity contribution in [2.75, 3.05) is 6.61 Å². The molecular formula is C13H21O5P. The van der Waals surface area contributed by atoms with Gasteiger partial charge in [0.15, 0.2) is 0 Å². The normalized spacial score (nSPS) is 15.9. The first-order valence-corrected chi connectivity index (χ1v) is 7.92. The van der Waals surface area contributed by atoms with Crippen LogP contribution >= 0.6 is 7.82 Å². The molecule has 0 aliphatic carbocycles. The van der Waals surface area contributed by atoms with Crippen molar-refractivity contribution in [3.8, 4) is 5.75 Å². The van der Waals surface area contributed by atoms with Gasteiger partial charge < -0.3 is 10.00 Å². The predicted molar refractivity (Wildman–Crippen MR) is 72.9 cm³/mol. The Bertz CT molecular complexity index is 418. The lowest BCUT2D eigenvalue weighted by molar-refractivity contribution is 0.101. The largest absolute Gasteiger partial charge is 0.508 e. The average Bonchev–Trinajstić information content (AvgIpc) is 2.35. The highest BCUT2D eigenvalue weighted by Crippen LogP contribution is 2.49. The molecule has 2 atom stereocenters. The fraction of sp³-hybridized carbons (Fsp3) is 0.538. The van der Waals surface area contributed by atoms with Crippen LogP contribution < -0.4 is 0 Å². The second kappa shape index (κ2) is 7.65. The number of benzene rings is 1. The summed E-state index contributed by atoms with van der Waals surface area (Å²) in [5, 5.41) is 9.26. The monoisotopic (exact) mass is 288 g/mol. The summed E-state index contributed by atoms with van der Waals surface area (Å²) in [5.41, 5.74) is 0.750. The van der Waals surface area contributed by atoms with E-state index in [1.54, 1.807) is 19.1 Å². The Morgan fingerprint density at radius 2 is 1.89 bits per heavy atom. The van der Waals surface area contributed by atoms with Gasteiger partial charge in [-0.15, -0.1) is 0 Å². The zero-order valence-corrected chi connectivity index (χ0v) is 12.2. The van der Waals surface area contributed by atoms with E-state index >= 15 is 0 Å². The van der Waals surface area contributed by atoms with Crippen LogP contribution in [0.15, 0.2) is 24.3 Å². The van der Waals surface area contributed by atoms with E-state index in [9.17, 15) is 14.6 Å². The van der Waals surface area contributed by atoms with Crippen LogP contribution in [0.25, 0.3) is 0 Å². The summed E-state index contributed by atoms with van der Waals surface area (Å²) in [4.78, 5) is 9.56. The van der Waals surface area contributed by atoms with E-state index in [2.05, 4.69) is 0 Å². The highest BCUT2D eigenvalue weighted by molar-refractivity contribution is 7.47. The summed E-state index contributed by atoms with van der Waals surface area (Å²) in [7, 11) is -4.03. The highest BCUT2D eigenvalue weighted by Gasteiger charge is 2.26. The average molecular weight is 288 g/mol.